The van der Waals surface area contributed by atoms with E-state index >= 15 is 0 Å². The van der Waals surface area contributed by atoms with Crippen molar-refractivity contribution in [3.05, 3.63) is 57.5 Å². The summed E-state index contributed by atoms with van der Waals surface area (Å²) < 4.78 is 41.1. The van der Waals surface area contributed by atoms with Gasteiger partial charge in [0.2, 0.25) is 5.91 Å². The minimum absolute atomic E-state index is 0.0289. The Morgan fingerprint density at radius 1 is 1.34 bits per heavy atom. The third-order valence-corrected chi connectivity index (χ3v) is 4.58. The van der Waals surface area contributed by atoms with E-state index in [9.17, 15) is 22.8 Å². The van der Waals surface area contributed by atoms with Crippen molar-refractivity contribution in [3.8, 4) is 23.7 Å². The summed E-state index contributed by atoms with van der Waals surface area (Å²) in [4.78, 5) is 36.2. The molecule has 0 fully saturated rings. The monoisotopic (exact) mass is 443 g/mol. The molecule has 1 amide bonds. The molecule has 0 saturated carbocycles. The number of carbonyl (C=O) groups excluding carboxylic acids is 1. The lowest BCUT2D eigenvalue weighted by atomic mass is 10.0. The Bertz CT molecular complexity index is 1190. The van der Waals surface area contributed by atoms with Crippen LogP contribution in [0.2, 0.25) is 0 Å². The molecule has 0 saturated heterocycles. The minimum Gasteiger partial charge on any atom is -0.352 e. The quantitative estimate of drug-likeness (QED) is 0.695. The second-order valence-corrected chi connectivity index (χ2v) is 7.35. The molecular weight excluding hydrogens is 423 g/mol. The van der Waals surface area contributed by atoms with E-state index < -0.39 is 17.3 Å². The zero-order valence-electron chi connectivity index (χ0n) is 17.3. The zero-order chi connectivity index (χ0) is 23.5. The van der Waals surface area contributed by atoms with Gasteiger partial charge in [0, 0.05) is 36.5 Å². The maximum atomic E-state index is 13.7. The zero-order valence-corrected chi connectivity index (χ0v) is 17.3. The third-order valence-electron chi connectivity index (χ3n) is 4.58. The number of H-pyrrole nitrogens is 1. The number of anilines is 1. The predicted octanol–water partition coefficient (Wildman–Crippen LogP) is 3.09. The van der Waals surface area contributed by atoms with Crippen LogP contribution in [0.15, 0.2) is 45.8 Å². The van der Waals surface area contributed by atoms with Crippen LogP contribution in [-0.2, 0) is 17.5 Å². The summed E-state index contributed by atoms with van der Waals surface area (Å²) in [7, 11) is 0. The fourth-order valence-electron chi connectivity index (χ4n) is 2.94. The van der Waals surface area contributed by atoms with E-state index in [-0.39, 0.29) is 42.2 Å². The van der Waals surface area contributed by atoms with Crippen molar-refractivity contribution >= 4 is 17.9 Å². The average Bonchev–Trinajstić information content (AvgIpc) is 2.76. The van der Waals surface area contributed by atoms with Gasteiger partial charge in [-0.05, 0) is 17.7 Å². The van der Waals surface area contributed by atoms with E-state index in [1.165, 1.54) is 29.4 Å². The number of nitrogens with one attached hydrogen (secondary N) is 2. The van der Waals surface area contributed by atoms with Crippen molar-refractivity contribution in [2.45, 2.75) is 26.6 Å². The Kier molecular flexibility index (Phi) is 6.48. The molecule has 32 heavy (non-hydrogen) atoms. The lowest BCUT2D eigenvalue weighted by molar-refractivity contribution is -0.137. The molecule has 2 aromatic rings. The number of hydrogen-bond donors (Lipinski definition) is 2. The molecule has 2 N–H and O–H groups in total. The van der Waals surface area contributed by atoms with Gasteiger partial charge in [-0.25, -0.2) is 4.98 Å². The van der Waals surface area contributed by atoms with Gasteiger partial charge < -0.3 is 15.2 Å². The third kappa shape index (κ3) is 5.24. The number of aromatic nitrogens is 2. The van der Waals surface area contributed by atoms with Gasteiger partial charge >= 0.3 is 6.18 Å². The smallest absolute Gasteiger partial charge is 0.352 e. The molecule has 1 aromatic carbocycles. The predicted molar refractivity (Wildman–Crippen MR) is 115 cm³/mol. The normalized spacial score (nSPS) is 13.7. The molecule has 2 heterocycles. The molecule has 0 atom stereocenters. The van der Waals surface area contributed by atoms with Crippen molar-refractivity contribution in [2.75, 3.05) is 11.6 Å². The SMILES string of the molecule is C#CC1=CN(c2cc(=O)[nH]c(-c3cc(CNC(=O)C(C)C)ccc3C(F)(F)F)n2)CN=C1. The summed E-state index contributed by atoms with van der Waals surface area (Å²) in [6.07, 6.45) is 3.69. The summed E-state index contributed by atoms with van der Waals surface area (Å²) in [6.45, 7) is 3.55. The van der Waals surface area contributed by atoms with Gasteiger partial charge in [-0.15, -0.1) is 6.42 Å². The molecule has 10 heteroatoms. The van der Waals surface area contributed by atoms with Crippen LogP contribution in [0, 0.1) is 18.3 Å². The minimum atomic E-state index is -4.68. The Hall–Kier alpha value is -3.87. The molecule has 0 aliphatic carbocycles. The van der Waals surface area contributed by atoms with Crippen LogP contribution in [0.5, 0.6) is 0 Å². The van der Waals surface area contributed by atoms with Crippen LogP contribution in [0.1, 0.15) is 25.0 Å². The van der Waals surface area contributed by atoms with Crippen molar-refractivity contribution in [3.63, 3.8) is 0 Å². The Morgan fingerprint density at radius 3 is 2.75 bits per heavy atom. The highest BCUT2D eigenvalue weighted by Crippen LogP contribution is 2.36. The molecule has 1 aliphatic rings. The number of hydrogen-bond acceptors (Lipinski definition) is 5. The number of aliphatic imine (C=N–C) groups is 1. The molecule has 0 unspecified atom stereocenters. The number of rotatable bonds is 5. The van der Waals surface area contributed by atoms with Gasteiger partial charge in [0.15, 0.2) is 0 Å². The molecule has 3 rings (SSSR count). The van der Waals surface area contributed by atoms with Gasteiger partial charge in [-0.2, -0.15) is 13.2 Å². The molecule has 0 spiro atoms. The lowest BCUT2D eigenvalue weighted by Gasteiger charge is -2.21. The number of nitrogens with zero attached hydrogens (tertiary/aromatic N) is 3. The first kappa shape index (κ1) is 22.8. The first-order chi connectivity index (χ1) is 15.1. The Labute approximate surface area is 182 Å². The van der Waals surface area contributed by atoms with Crippen molar-refractivity contribution < 1.29 is 18.0 Å². The number of amides is 1. The standard InChI is InChI=1S/C22H20F3N5O2/c1-4-14-9-26-12-30(11-14)18-8-19(31)29-20(28-18)16-7-15(10-27-21(32)13(2)3)5-6-17(16)22(23,24)25/h1,5-9,11,13H,10,12H2,2-3H3,(H,27,32)(H,28,29,31). The molecule has 7 nitrogen and oxygen atoms in total. The summed E-state index contributed by atoms with van der Waals surface area (Å²) in [5, 5.41) is 2.66. The number of halogens is 3. The summed E-state index contributed by atoms with van der Waals surface area (Å²) in [6, 6.07) is 4.58. The maximum absolute atomic E-state index is 13.7. The van der Waals surface area contributed by atoms with Gasteiger partial charge in [0.1, 0.15) is 18.3 Å². The van der Waals surface area contributed by atoms with Crippen molar-refractivity contribution in [1.29, 1.82) is 0 Å². The average molecular weight is 443 g/mol. The molecule has 0 bridgehead atoms. The fourth-order valence-corrected chi connectivity index (χ4v) is 2.94. The number of benzene rings is 1. The topological polar surface area (TPSA) is 90.5 Å². The van der Waals surface area contributed by atoms with Crippen LogP contribution >= 0.6 is 0 Å². The van der Waals surface area contributed by atoms with Crippen molar-refractivity contribution in [2.24, 2.45) is 10.9 Å². The van der Waals surface area contributed by atoms with Crippen LogP contribution in [0.25, 0.3) is 11.4 Å². The van der Waals surface area contributed by atoms with Gasteiger partial charge in [-0.3, -0.25) is 14.6 Å². The van der Waals surface area contributed by atoms with E-state index in [4.69, 9.17) is 6.42 Å². The molecular formula is C22H20F3N5O2. The first-order valence-corrected chi connectivity index (χ1v) is 9.63. The summed E-state index contributed by atoms with van der Waals surface area (Å²) in [5.41, 5.74) is -1.06. The second-order valence-electron chi connectivity index (χ2n) is 7.35. The summed E-state index contributed by atoms with van der Waals surface area (Å²) in [5.74, 6) is 1.73. The number of terminal acetylenes is 1. The van der Waals surface area contributed by atoms with E-state index in [1.54, 1.807) is 13.8 Å². The van der Waals surface area contributed by atoms with E-state index in [1.807, 2.05) is 0 Å². The van der Waals surface area contributed by atoms with Crippen LogP contribution < -0.4 is 15.8 Å². The van der Waals surface area contributed by atoms with Gasteiger partial charge in [0.05, 0.1) is 11.1 Å². The van der Waals surface area contributed by atoms with Crippen LogP contribution in [0.4, 0.5) is 19.0 Å². The number of aromatic amines is 1. The maximum Gasteiger partial charge on any atom is 0.417 e. The Balaban J connectivity index is 2.06. The van der Waals surface area contributed by atoms with E-state index in [0.717, 1.165) is 12.1 Å². The number of alkyl halides is 3. The van der Waals surface area contributed by atoms with Gasteiger partial charge in [-0.1, -0.05) is 25.8 Å². The Morgan fingerprint density at radius 2 is 2.09 bits per heavy atom. The highest BCUT2D eigenvalue weighted by atomic mass is 19.4. The van der Waals surface area contributed by atoms with Crippen molar-refractivity contribution in [1.82, 2.24) is 15.3 Å². The highest BCUT2D eigenvalue weighted by Gasteiger charge is 2.34. The van der Waals surface area contributed by atoms with Gasteiger partial charge in [0.25, 0.3) is 5.56 Å². The lowest BCUT2D eigenvalue weighted by Crippen LogP contribution is -2.27. The van der Waals surface area contributed by atoms with E-state index in [2.05, 4.69) is 26.2 Å². The number of carbonyl (C=O) groups is 1. The van der Waals surface area contributed by atoms with E-state index in [0.29, 0.717) is 11.1 Å². The molecule has 1 aromatic heterocycles. The first-order valence-electron chi connectivity index (χ1n) is 9.63. The molecule has 1 aliphatic heterocycles. The summed E-state index contributed by atoms with van der Waals surface area (Å²) >= 11 is 0. The largest absolute Gasteiger partial charge is 0.417 e. The number of allylic oxidation sites excluding steroid dienone is 1. The fraction of sp³-hybridized carbons (Fsp3) is 0.273. The second kappa shape index (κ2) is 9.09. The molecule has 0 radical (unpaired) electrons. The molecule has 166 valence electrons. The van der Waals surface area contributed by atoms with Crippen LogP contribution in [0.3, 0.4) is 0 Å². The highest BCUT2D eigenvalue weighted by molar-refractivity contribution is 5.86. The van der Waals surface area contributed by atoms with Crippen LogP contribution in [-0.4, -0.2) is 28.8 Å².